The average molecular weight is 365 g/mol. The van der Waals surface area contributed by atoms with Crippen molar-refractivity contribution in [3.63, 3.8) is 0 Å². The van der Waals surface area contributed by atoms with Crippen LogP contribution in [0.4, 0.5) is 10.5 Å². The average Bonchev–Trinajstić information content (AvgIpc) is 2.62. The first kappa shape index (κ1) is 19.6. The number of urea groups is 1. The monoisotopic (exact) mass is 364 g/mol. The van der Waals surface area contributed by atoms with E-state index in [1.54, 1.807) is 14.1 Å². The largest absolute Gasteiger partial charge is 0.349 e. The first-order valence-corrected chi connectivity index (χ1v) is 9.84. The number of anilines is 1. The topological polar surface area (TPSA) is 64.7 Å². The van der Waals surface area contributed by atoms with Crippen LogP contribution in [0.25, 0.3) is 0 Å². The van der Waals surface area contributed by atoms with E-state index in [-0.39, 0.29) is 11.9 Å². The van der Waals surface area contributed by atoms with E-state index in [2.05, 4.69) is 27.7 Å². The summed E-state index contributed by atoms with van der Waals surface area (Å²) >= 11 is 2.03. The third-order valence-corrected chi connectivity index (χ3v) is 5.10. The standard InChI is InChI=1S/C18H28N4O2S/c1-21(2)17(23)7-9-19-18(24)20-16-5-3-15(4-6-16)8-10-22-11-13-25-14-12-22/h3-6H,7-14H2,1-2H3,(H2,19,20,24). The van der Waals surface area contributed by atoms with Gasteiger partial charge in [-0.15, -0.1) is 0 Å². The molecular weight excluding hydrogens is 336 g/mol. The maximum atomic E-state index is 11.8. The summed E-state index contributed by atoms with van der Waals surface area (Å²) < 4.78 is 0. The van der Waals surface area contributed by atoms with Crippen molar-refractivity contribution in [3.05, 3.63) is 29.8 Å². The van der Waals surface area contributed by atoms with Crippen molar-refractivity contribution in [2.45, 2.75) is 12.8 Å². The van der Waals surface area contributed by atoms with Crippen molar-refractivity contribution in [3.8, 4) is 0 Å². The second kappa shape index (κ2) is 10.3. The molecule has 2 N–H and O–H groups in total. The SMILES string of the molecule is CN(C)C(=O)CCNC(=O)Nc1ccc(CCN2CCSCC2)cc1. The molecular formula is C18H28N4O2S. The summed E-state index contributed by atoms with van der Waals surface area (Å²) in [5, 5.41) is 5.48. The summed E-state index contributed by atoms with van der Waals surface area (Å²) in [4.78, 5) is 27.3. The van der Waals surface area contributed by atoms with Gasteiger partial charge in [-0.2, -0.15) is 11.8 Å². The number of hydrogen-bond donors (Lipinski definition) is 2. The predicted octanol–water partition coefficient (Wildman–Crippen LogP) is 1.88. The molecule has 138 valence electrons. The first-order valence-electron chi connectivity index (χ1n) is 8.68. The van der Waals surface area contributed by atoms with Crippen LogP contribution in [-0.4, -0.2) is 73.5 Å². The summed E-state index contributed by atoms with van der Waals surface area (Å²) in [7, 11) is 3.41. The summed E-state index contributed by atoms with van der Waals surface area (Å²) in [5.41, 5.74) is 2.04. The highest BCUT2D eigenvalue weighted by molar-refractivity contribution is 7.99. The Bertz CT molecular complexity index is 557. The van der Waals surface area contributed by atoms with Gasteiger partial charge in [-0.1, -0.05) is 12.1 Å². The molecule has 0 atom stereocenters. The molecule has 1 heterocycles. The van der Waals surface area contributed by atoms with Crippen molar-refractivity contribution in [2.75, 3.05) is 57.1 Å². The lowest BCUT2D eigenvalue weighted by atomic mass is 10.1. The van der Waals surface area contributed by atoms with Crippen LogP contribution in [0.5, 0.6) is 0 Å². The smallest absolute Gasteiger partial charge is 0.319 e. The fraction of sp³-hybridized carbons (Fsp3) is 0.556. The number of rotatable bonds is 7. The third kappa shape index (κ3) is 7.36. The van der Waals surface area contributed by atoms with E-state index in [1.807, 2.05) is 23.9 Å². The minimum atomic E-state index is -0.287. The van der Waals surface area contributed by atoms with E-state index in [1.165, 1.54) is 35.1 Å². The number of thioether (sulfide) groups is 1. The maximum absolute atomic E-state index is 11.8. The Morgan fingerprint density at radius 2 is 1.84 bits per heavy atom. The number of nitrogens with zero attached hydrogens (tertiary/aromatic N) is 2. The van der Waals surface area contributed by atoms with Gasteiger partial charge in [0.25, 0.3) is 0 Å². The van der Waals surface area contributed by atoms with Gasteiger partial charge in [0.1, 0.15) is 0 Å². The van der Waals surface area contributed by atoms with Gasteiger partial charge in [0.15, 0.2) is 0 Å². The van der Waals surface area contributed by atoms with Crippen LogP contribution in [-0.2, 0) is 11.2 Å². The molecule has 0 aromatic heterocycles. The van der Waals surface area contributed by atoms with Crippen LogP contribution < -0.4 is 10.6 Å². The van der Waals surface area contributed by atoms with E-state index in [4.69, 9.17) is 0 Å². The second-order valence-electron chi connectivity index (χ2n) is 6.32. The Balaban J connectivity index is 1.68. The Morgan fingerprint density at radius 3 is 2.48 bits per heavy atom. The van der Waals surface area contributed by atoms with Gasteiger partial charge in [0.05, 0.1) is 0 Å². The number of carbonyl (C=O) groups is 2. The molecule has 0 saturated carbocycles. The van der Waals surface area contributed by atoms with Gasteiger partial charge in [0, 0.05) is 63.9 Å². The molecule has 0 radical (unpaired) electrons. The number of nitrogens with one attached hydrogen (secondary N) is 2. The zero-order chi connectivity index (χ0) is 18.1. The number of hydrogen-bond acceptors (Lipinski definition) is 4. The quantitative estimate of drug-likeness (QED) is 0.775. The van der Waals surface area contributed by atoms with Crippen molar-refractivity contribution >= 4 is 29.4 Å². The predicted molar refractivity (Wildman–Crippen MR) is 104 cm³/mol. The summed E-state index contributed by atoms with van der Waals surface area (Å²) in [6.45, 7) is 3.78. The highest BCUT2D eigenvalue weighted by Crippen LogP contribution is 2.13. The Kier molecular flexibility index (Phi) is 8.08. The Morgan fingerprint density at radius 1 is 1.16 bits per heavy atom. The summed E-state index contributed by atoms with van der Waals surface area (Å²) in [6, 6.07) is 7.68. The highest BCUT2D eigenvalue weighted by Gasteiger charge is 2.10. The van der Waals surface area contributed by atoms with E-state index in [0.29, 0.717) is 13.0 Å². The van der Waals surface area contributed by atoms with Crippen molar-refractivity contribution in [1.29, 1.82) is 0 Å². The third-order valence-electron chi connectivity index (χ3n) is 4.16. The van der Waals surface area contributed by atoms with Gasteiger partial charge in [-0.3, -0.25) is 4.79 Å². The number of carbonyl (C=O) groups excluding carboxylic acids is 2. The number of benzene rings is 1. The van der Waals surface area contributed by atoms with E-state index >= 15 is 0 Å². The van der Waals surface area contributed by atoms with Crippen LogP contribution >= 0.6 is 11.8 Å². The van der Waals surface area contributed by atoms with Gasteiger partial charge in [-0.05, 0) is 24.1 Å². The van der Waals surface area contributed by atoms with Gasteiger partial charge >= 0.3 is 6.03 Å². The van der Waals surface area contributed by atoms with E-state index < -0.39 is 0 Å². The fourth-order valence-corrected chi connectivity index (χ4v) is 3.53. The molecule has 7 heteroatoms. The molecule has 0 aliphatic carbocycles. The van der Waals surface area contributed by atoms with Crippen molar-refractivity contribution in [2.24, 2.45) is 0 Å². The molecule has 6 nitrogen and oxygen atoms in total. The maximum Gasteiger partial charge on any atom is 0.319 e. The van der Waals surface area contributed by atoms with Crippen LogP contribution in [0.15, 0.2) is 24.3 Å². The minimum absolute atomic E-state index is 0.00282. The molecule has 1 aromatic carbocycles. The van der Waals surface area contributed by atoms with Crippen LogP contribution in [0.1, 0.15) is 12.0 Å². The molecule has 2 rings (SSSR count). The van der Waals surface area contributed by atoms with E-state index in [9.17, 15) is 9.59 Å². The molecule has 0 unspecified atom stereocenters. The van der Waals surface area contributed by atoms with Crippen LogP contribution in [0.2, 0.25) is 0 Å². The summed E-state index contributed by atoms with van der Waals surface area (Å²) in [6.07, 6.45) is 1.33. The second-order valence-corrected chi connectivity index (χ2v) is 7.54. The molecule has 1 aliphatic rings. The van der Waals surface area contributed by atoms with Crippen LogP contribution in [0.3, 0.4) is 0 Å². The normalized spacial score (nSPS) is 14.8. The minimum Gasteiger partial charge on any atom is -0.349 e. The molecule has 1 aromatic rings. The van der Waals surface area contributed by atoms with Gasteiger partial charge in [0.2, 0.25) is 5.91 Å². The van der Waals surface area contributed by atoms with Crippen molar-refractivity contribution in [1.82, 2.24) is 15.1 Å². The lowest BCUT2D eigenvalue weighted by molar-refractivity contribution is -0.128. The molecule has 25 heavy (non-hydrogen) atoms. The Labute approximate surface area is 154 Å². The lowest BCUT2D eigenvalue weighted by Gasteiger charge is -2.26. The number of amides is 3. The molecule has 1 aliphatic heterocycles. The van der Waals surface area contributed by atoms with Gasteiger partial charge < -0.3 is 20.4 Å². The lowest BCUT2D eigenvalue weighted by Crippen LogP contribution is -2.34. The van der Waals surface area contributed by atoms with E-state index in [0.717, 1.165) is 18.7 Å². The zero-order valence-corrected chi connectivity index (χ0v) is 15.9. The van der Waals surface area contributed by atoms with Gasteiger partial charge in [-0.25, -0.2) is 4.79 Å². The highest BCUT2D eigenvalue weighted by atomic mass is 32.2. The molecule has 0 bridgehead atoms. The zero-order valence-electron chi connectivity index (χ0n) is 15.1. The first-order chi connectivity index (χ1) is 12.0. The molecule has 3 amide bonds. The fourth-order valence-electron chi connectivity index (χ4n) is 2.55. The van der Waals surface area contributed by atoms with Crippen LogP contribution in [0, 0.1) is 0 Å². The molecule has 1 fully saturated rings. The van der Waals surface area contributed by atoms with Crippen molar-refractivity contribution < 1.29 is 9.59 Å². The molecule has 1 saturated heterocycles. The molecule has 0 spiro atoms. The Hall–Kier alpha value is -1.73. The summed E-state index contributed by atoms with van der Waals surface area (Å²) in [5.74, 6) is 2.47.